The number of sulfone groups is 1. The van der Waals surface area contributed by atoms with Crippen LogP contribution in [0, 0.1) is 12.8 Å². The van der Waals surface area contributed by atoms with Crippen molar-refractivity contribution in [1.29, 1.82) is 0 Å². The zero-order valence-corrected chi connectivity index (χ0v) is 24.6. The van der Waals surface area contributed by atoms with E-state index in [-0.39, 0.29) is 33.6 Å². The van der Waals surface area contributed by atoms with E-state index in [4.69, 9.17) is 16.3 Å². The Labute approximate surface area is 235 Å². The van der Waals surface area contributed by atoms with Gasteiger partial charge in [-0.25, -0.2) is 13.4 Å². The summed E-state index contributed by atoms with van der Waals surface area (Å²) in [5.74, 6) is 1.93. The number of halogens is 1. The minimum absolute atomic E-state index is 0.0109. The molecule has 39 heavy (non-hydrogen) atoms. The molecular formula is C28H37ClN6O3S. The van der Waals surface area contributed by atoms with Crippen LogP contribution in [0.2, 0.25) is 5.02 Å². The van der Waals surface area contributed by atoms with Crippen LogP contribution in [0.25, 0.3) is 0 Å². The van der Waals surface area contributed by atoms with E-state index in [9.17, 15) is 8.42 Å². The number of hydrogen-bond acceptors (Lipinski definition) is 8. The Morgan fingerprint density at radius 2 is 1.85 bits per heavy atom. The number of anilines is 4. The van der Waals surface area contributed by atoms with Crippen molar-refractivity contribution in [3.63, 3.8) is 0 Å². The second kappa shape index (κ2) is 11.3. The van der Waals surface area contributed by atoms with Crippen molar-refractivity contribution in [2.45, 2.75) is 82.8 Å². The van der Waals surface area contributed by atoms with Gasteiger partial charge in [-0.3, -0.25) is 4.68 Å². The van der Waals surface area contributed by atoms with Gasteiger partial charge in [-0.1, -0.05) is 44.7 Å². The molecule has 11 heteroatoms. The fraction of sp³-hybridized carbons (Fsp3) is 0.536. The van der Waals surface area contributed by atoms with Crippen molar-refractivity contribution in [3.05, 3.63) is 40.7 Å². The lowest BCUT2D eigenvalue weighted by molar-refractivity contribution is 0.304. The van der Waals surface area contributed by atoms with E-state index in [2.05, 4.69) is 44.8 Å². The molecule has 0 aliphatic heterocycles. The average Bonchev–Trinajstić information content (AvgIpc) is 3.61. The molecule has 2 aliphatic rings. The molecule has 3 aromatic rings. The lowest BCUT2D eigenvalue weighted by Gasteiger charge is -2.25. The summed E-state index contributed by atoms with van der Waals surface area (Å²) in [6.45, 7) is 5.86. The Kier molecular flexibility index (Phi) is 8.05. The first-order valence-corrected chi connectivity index (χ1v) is 15.8. The average molecular weight is 573 g/mol. The molecule has 0 unspecified atom stereocenters. The highest BCUT2D eigenvalue weighted by Crippen LogP contribution is 2.41. The topological polar surface area (TPSA) is 111 Å². The van der Waals surface area contributed by atoms with Crippen LogP contribution in [0.15, 0.2) is 29.6 Å². The Morgan fingerprint density at radius 3 is 2.54 bits per heavy atom. The molecule has 2 aromatic heterocycles. The van der Waals surface area contributed by atoms with Crippen LogP contribution in [0.4, 0.5) is 23.1 Å². The lowest BCUT2D eigenvalue weighted by Crippen LogP contribution is -2.14. The number of nitrogens with one attached hydrogen (secondary N) is 2. The molecule has 210 valence electrons. The minimum Gasteiger partial charge on any atom is -0.488 e. The van der Waals surface area contributed by atoms with Crippen LogP contribution in [-0.4, -0.2) is 40.0 Å². The second-order valence-electron chi connectivity index (χ2n) is 11.2. The molecule has 0 atom stereocenters. The lowest BCUT2D eigenvalue weighted by atomic mass is 9.82. The monoisotopic (exact) mass is 572 g/mol. The van der Waals surface area contributed by atoms with E-state index in [1.165, 1.54) is 54.1 Å². The molecule has 2 aliphatic carbocycles. The second-order valence-corrected chi connectivity index (χ2v) is 13.6. The zero-order chi connectivity index (χ0) is 27.7. The van der Waals surface area contributed by atoms with Crippen LogP contribution >= 0.6 is 11.6 Å². The van der Waals surface area contributed by atoms with Crippen molar-refractivity contribution in [1.82, 2.24) is 19.7 Å². The molecule has 5 rings (SSSR count). The molecule has 1 aromatic carbocycles. The molecule has 0 bridgehead atoms. The van der Waals surface area contributed by atoms with E-state index in [1.807, 2.05) is 13.8 Å². The zero-order valence-electron chi connectivity index (χ0n) is 23.0. The smallest absolute Gasteiger partial charge is 0.229 e. The molecular weight excluding hydrogens is 536 g/mol. The van der Waals surface area contributed by atoms with Gasteiger partial charge in [0.2, 0.25) is 11.0 Å². The summed E-state index contributed by atoms with van der Waals surface area (Å²) in [5, 5.41) is 10.8. The number of rotatable bonds is 10. The first kappa shape index (κ1) is 27.7. The van der Waals surface area contributed by atoms with E-state index < -0.39 is 9.84 Å². The number of nitrogens with zero attached hydrogens (tertiary/aromatic N) is 4. The number of aryl methyl sites for hydroxylation is 2. The molecule has 0 radical (unpaired) electrons. The summed E-state index contributed by atoms with van der Waals surface area (Å²) in [7, 11) is -1.93. The van der Waals surface area contributed by atoms with Crippen LogP contribution in [-0.2, 0) is 16.9 Å². The van der Waals surface area contributed by atoms with Crippen molar-refractivity contribution in [2.24, 2.45) is 13.0 Å². The van der Waals surface area contributed by atoms with Gasteiger partial charge in [0.25, 0.3) is 0 Å². The Morgan fingerprint density at radius 1 is 1.10 bits per heavy atom. The molecule has 0 amide bonds. The molecule has 2 N–H and O–H groups in total. The SMILES string of the molecule is Cc1cc(Nc2ncc(Cl)c(Nc3cn(C)nc3S(=O)(=O)CC(C)C)n2)c(OC2CC2)cc1C1CCCCC1. The van der Waals surface area contributed by atoms with Crippen molar-refractivity contribution < 1.29 is 13.2 Å². The molecule has 0 spiro atoms. The highest BCUT2D eigenvalue weighted by atomic mass is 35.5. The van der Waals surface area contributed by atoms with Crippen LogP contribution < -0.4 is 15.4 Å². The normalized spacial score (nSPS) is 16.5. The van der Waals surface area contributed by atoms with Gasteiger partial charge in [0.15, 0.2) is 15.7 Å². The molecule has 9 nitrogen and oxygen atoms in total. The van der Waals surface area contributed by atoms with Crippen LogP contribution in [0.3, 0.4) is 0 Å². The third-order valence-corrected chi connectivity index (χ3v) is 9.39. The third kappa shape index (κ3) is 6.66. The number of aromatic nitrogens is 4. The van der Waals surface area contributed by atoms with Gasteiger partial charge < -0.3 is 15.4 Å². The standard InChI is InChI=1S/C28H37ClN6O3S/c1-17(2)16-39(36,37)27-24(15-35(4)34-27)31-26-22(29)14-30-28(33-26)32-23-12-18(3)21(19-8-6-5-7-9-19)13-25(23)38-20-10-11-20/h12-15,17,19-20H,5-11,16H2,1-4H3,(H2,30,31,32,33). The van der Waals surface area contributed by atoms with Gasteiger partial charge in [-0.2, -0.15) is 10.1 Å². The first-order chi connectivity index (χ1) is 18.6. The van der Waals surface area contributed by atoms with E-state index in [0.29, 0.717) is 17.6 Å². The predicted molar refractivity (Wildman–Crippen MR) is 154 cm³/mol. The number of benzene rings is 1. The third-order valence-electron chi connectivity index (χ3n) is 7.12. The van der Waals surface area contributed by atoms with Gasteiger partial charge in [-0.05, 0) is 67.7 Å². The van der Waals surface area contributed by atoms with E-state index in [1.54, 1.807) is 13.2 Å². The maximum absolute atomic E-state index is 13.0. The minimum atomic E-state index is -3.60. The first-order valence-electron chi connectivity index (χ1n) is 13.7. The maximum atomic E-state index is 13.0. The van der Waals surface area contributed by atoms with Crippen molar-refractivity contribution in [3.8, 4) is 5.75 Å². The summed E-state index contributed by atoms with van der Waals surface area (Å²) in [5.41, 5.74) is 3.70. The summed E-state index contributed by atoms with van der Waals surface area (Å²) >= 11 is 6.43. The molecule has 2 saturated carbocycles. The van der Waals surface area contributed by atoms with E-state index >= 15 is 0 Å². The maximum Gasteiger partial charge on any atom is 0.229 e. The summed E-state index contributed by atoms with van der Waals surface area (Å²) in [6, 6.07) is 4.31. The van der Waals surface area contributed by atoms with Crippen molar-refractivity contribution >= 4 is 44.6 Å². The molecule has 2 fully saturated rings. The van der Waals surface area contributed by atoms with Gasteiger partial charge in [0.05, 0.1) is 29.4 Å². The summed E-state index contributed by atoms with van der Waals surface area (Å²) in [4.78, 5) is 8.96. The number of ether oxygens (including phenoxy) is 1. The summed E-state index contributed by atoms with van der Waals surface area (Å²) in [6.07, 6.45) is 11.8. The highest BCUT2D eigenvalue weighted by molar-refractivity contribution is 7.91. The predicted octanol–water partition coefficient (Wildman–Crippen LogP) is 6.68. The summed E-state index contributed by atoms with van der Waals surface area (Å²) < 4.78 is 33.7. The molecule has 2 heterocycles. The van der Waals surface area contributed by atoms with Gasteiger partial charge in [0.1, 0.15) is 10.8 Å². The largest absolute Gasteiger partial charge is 0.488 e. The van der Waals surface area contributed by atoms with Gasteiger partial charge >= 0.3 is 0 Å². The Hall–Kier alpha value is -2.85. The molecule has 0 saturated heterocycles. The Bertz CT molecular complexity index is 1450. The van der Waals surface area contributed by atoms with Gasteiger partial charge in [-0.15, -0.1) is 0 Å². The quantitative estimate of drug-likeness (QED) is 0.277. The van der Waals surface area contributed by atoms with E-state index in [0.717, 1.165) is 24.3 Å². The fourth-order valence-electron chi connectivity index (χ4n) is 5.18. The van der Waals surface area contributed by atoms with Crippen LogP contribution in [0.5, 0.6) is 5.75 Å². The number of hydrogen-bond donors (Lipinski definition) is 2. The van der Waals surface area contributed by atoms with Crippen LogP contribution in [0.1, 0.15) is 75.8 Å². The fourth-order valence-corrected chi connectivity index (χ4v) is 7.05. The Balaban J connectivity index is 1.43. The highest BCUT2D eigenvalue weighted by Gasteiger charge is 2.28. The van der Waals surface area contributed by atoms with Crippen molar-refractivity contribution in [2.75, 3.05) is 16.4 Å². The van der Waals surface area contributed by atoms with Gasteiger partial charge in [0, 0.05) is 13.2 Å².